The molecule has 0 heterocycles. The zero-order chi connectivity index (χ0) is 24.5. The van der Waals surface area contributed by atoms with Crippen molar-refractivity contribution in [2.24, 2.45) is 5.92 Å². The number of amides is 2. The molecule has 34 heavy (non-hydrogen) atoms. The van der Waals surface area contributed by atoms with Crippen LogP contribution in [-0.4, -0.2) is 16.9 Å². The average molecular weight is 474 g/mol. The molecule has 3 N–H and O–H groups in total. The molecule has 176 valence electrons. The first kappa shape index (κ1) is 25.1. The number of rotatable bonds is 8. The van der Waals surface area contributed by atoms with Crippen molar-refractivity contribution in [1.82, 2.24) is 10.6 Å². The van der Waals surface area contributed by atoms with Crippen molar-refractivity contribution in [3.8, 4) is 0 Å². The van der Waals surface area contributed by atoms with E-state index in [1.165, 1.54) is 5.56 Å². The van der Waals surface area contributed by atoms with E-state index in [1.807, 2.05) is 49.4 Å². The van der Waals surface area contributed by atoms with Crippen molar-refractivity contribution in [1.29, 1.82) is 0 Å². The minimum Gasteiger partial charge on any atom is -0.348 e. The van der Waals surface area contributed by atoms with Crippen LogP contribution in [-0.2, 0) is 17.8 Å². The van der Waals surface area contributed by atoms with E-state index in [0.29, 0.717) is 23.7 Å². The topological polar surface area (TPSA) is 70.2 Å². The van der Waals surface area contributed by atoms with E-state index in [-0.39, 0.29) is 22.8 Å². The van der Waals surface area contributed by atoms with Crippen LogP contribution in [0.5, 0.6) is 0 Å². The maximum absolute atomic E-state index is 12.6. The Labute approximate surface area is 207 Å². The Morgan fingerprint density at radius 1 is 0.824 bits per heavy atom. The van der Waals surface area contributed by atoms with Crippen LogP contribution in [0.2, 0.25) is 0 Å². The third kappa shape index (κ3) is 7.52. The first-order valence-corrected chi connectivity index (χ1v) is 11.9. The molecule has 1 unspecified atom stereocenters. The summed E-state index contributed by atoms with van der Waals surface area (Å²) in [5, 5.41) is 8.87. The van der Waals surface area contributed by atoms with Gasteiger partial charge in [0, 0.05) is 17.8 Å². The number of benzene rings is 3. The number of hydrogen-bond acceptors (Lipinski definition) is 3. The fourth-order valence-electron chi connectivity index (χ4n) is 3.53. The predicted molar refractivity (Wildman–Crippen MR) is 142 cm³/mol. The molecule has 6 heteroatoms. The average Bonchev–Trinajstić information content (AvgIpc) is 2.83. The van der Waals surface area contributed by atoms with E-state index < -0.39 is 0 Å². The minimum atomic E-state index is -0.330. The molecule has 0 fully saturated rings. The second kappa shape index (κ2) is 12.1. The van der Waals surface area contributed by atoms with Gasteiger partial charge >= 0.3 is 0 Å². The monoisotopic (exact) mass is 473 g/mol. The number of thiocarbonyl (C=S) groups is 1. The fraction of sp³-hybridized carbons (Fsp3) is 0.250. The first-order chi connectivity index (χ1) is 16.3. The number of carbonyl (C=O) groups is 2. The van der Waals surface area contributed by atoms with Crippen LogP contribution in [0.15, 0.2) is 78.9 Å². The molecular weight excluding hydrogens is 442 g/mol. The summed E-state index contributed by atoms with van der Waals surface area (Å²) in [5.74, 6) is -0.0677. The third-order valence-electron chi connectivity index (χ3n) is 5.45. The van der Waals surface area contributed by atoms with Crippen LogP contribution in [0.4, 0.5) is 5.69 Å². The van der Waals surface area contributed by atoms with Gasteiger partial charge in [0.25, 0.3) is 5.91 Å². The summed E-state index contributed by atoms with van der Waals surface area (Å²) >= 11 is 5.31. The van der Waals surface area contributed by atoms with Gasteiger partial charge in [-0.25, -0.2) is 0 Å². The summed E-state index contributed by atoms with van der Waals surface area (Å²) in [6.45, 7) is 6.70. The van der Waals surface area contributed by atoms with Crippen LogP contribution in [0, 0.1) is 5.92 Å². The smallest absolute Gasteiger partial charge is 0.251 e. The summed E-state index contributed by atoms with van der Waals surface area (Å²) in [6, 6.07) is 24.8. The molecule has 1 atom stereocenters. The highest BCUT2D eigenvalue weighted by Gasteiger charge is 2.16. The molecule has 3 aromatic rings. The molecule has 3 aromatic carbocycles. The molecule has 0 radical (unpaired) electrons. The lowest BCUT2D eigenvalue weighted by molar-refractivity contribution is -0.120. The summed E-state index contributed by atoms with van der Waals surface area (Å²) < 4.78 is 0. The highest BCUT2D eigenvalue weighted by atomic mass is 32.1. The first-order valence-electron chi connectivity index (χ1n) is 11.4. The highest BCUT2D eigenvalue weighted by molar-refractivity contribution is 7.80. The van der Waals surface area contributed by atoms with Gasteiger partial charge in [0.15, 0.2) is 5.11 Å². The number of anilines is 1. The van der Waals surface area contributed by atoms with Gasteiger partial charge in [-0.15, -0.1) is 0 Å². The molecule has 0 aromatic heterocycles. The lowest BCUT2D eigenvalue weighted by Gasteiger charge is -2.15. The Morgan fingerprint density at radius 3 is 2.09 bits per heavy atom. The van der Waals surface area contributed by atoms with E-state index in [4.69, 9.17) is 12.2 Å². The van der Waals surface area contributed by atoms with Crippen LogP contribution in [0.25, 0.3) is 0 Å². The van der Waals surface area contributed by atoms with Crippen molar-refractivity contribution < 1.29 is 9.59 Å². The van der Waals surface area contributed by atoms with Crippen molar-refractivity contribution in [2.75, 3.05) is 5.32 Å². The SMILES string of the molecule is CC(C)Cc1ccc(C(C)C(=O)NC(=S)Nc2ccc(C(=O)NCc3ccccc3)cc2)cc1. The predicted octanol–water partition coefficient (Wildman–Crippen LogP) is 5.43. The molecule has 2 amide bonds. The summed E-state index contributed by atoms with van der Waals surface area (Å²) in [5.41, 5.74) is 4.48. The third-order valence-corrected chi connectivity index (χ3v) is 5.66. The summed E-state index contributed by atoms with van der Waals surface area (Å²) in [6.07, 6.45) is 1.02. The standard InChI is InChI=1S/C28H31N3O2S/c1-19(2)17-21-9-11-23(12-10-21)20(3)26(32)31-28(34)30-25-15-13-24(14-16-25)27(33)29-18-22-7-5-4-6-8-22/h4-16,19-20H,17-18H2,1-3H3,(H,29,33)(H2,30,31,32,34). The molecule has 0 saturated carbocycles. The van der Waals surface area contributed by atoms with Crippen molar-refractivity contribution in [3.63, 3.8) is 0 Å². The Kier molecular flexibility index (Phi) is 8.93. The molecule has 3 rings (SSSR count). The van der Waals surface area contributed by atoms with Crippen LogP contribution in [0.1, 0.15) is 53.7 Å². The fourth-order valence-corrected chi connectivity index (χ4v) is 3.75. The molecule has 0 spiro atoms. The van der Waals surface area contributed by atoms with Crippen molar-refractivity contribution in [3.05, 3.63) is 101 Å². The molecule has 0 bridgehead atoms. The zero-order valence-electron chi connectivity index (χ0n) is 19.8. The maximum atomic E-state index is 12.6. The van der Waals surface area contributed by atoms with Gasteiger partial charge in [-0.2, -0.15) is 0 Å². The summed E-state index contributed by atoms with van der Waals surface area (Å²) in [7, 11) is 0. The Morgan fingerprint density at radius 2 is 1.47 bits per heavy atom. The van der Waals surface area contributed by atoms with E-state index in [0.717, 1.165) is 17.5 Å². The van der Waals surface area contributed by atoms with Gasteiger partial charge in [0.2, 0.25) is 5.91 Å². The van der Waals surface area contributed by atoms with E-state index in [1.54, 1.807) is 24.3 Å². The largest absolute Gasteiger partial charge is 0.348 e. The van der Waals surface area contributed by atoms with Gasteiger partial charge in [-0.3, -0.25) is 9.59 Å². The molecule has 0 aliphatic carbocycles. The second-order valence-corrected chi connectivity index (χ2v) is 9.16. The maximum Gasteiger partial charge on any atom is 0.251 e. The number of nitrogens with one attached hydrogen (secondary N) is 3. The van der Waals surface area contributed by atoms with Crippen LogP contribution < -0.4 is 16.0 Å². The lowest BCUT2D eigenvalue weighted by Crippen LogP contribution is -2.36. The van der Waals surface area contributed by atoms with E-state index in [9.17, 15) is 9.59 Å². The molecular formula is C28H31N3O2S. The van der Waals surface area contributed by atoms with Crippen molar-refractivity contribution >= 4 is 34.8 Å². The molecule has 0 aliphatic rings. The Bertz CT molecular complexity index is 1110. The molecule has 0 saturated heterocycles. The van der Waals surface area contributed by atoms with Crippen LogP contribution >= 0.6 is 12.2 Å². The number of carbonyl (C=O) groups excluding carboxylic acids is 2. The quantitative estimate of drug-likeness (QED) is 0.382. The lowest BCUT2D eigenvalue weighted by atomic mass is 9.96. The highest BCUT2D eigenvalue weighted by Crippen LogP contribution is 2.18. The zero-order valence-corrected chi connectivity index (χ0v) is 20.6. The van der Waals surface area contributed by atoms with Gasteiger partial charge < -0.3 is 16.0 Å². The summed E-state index contributed by atoms with van der Waals surface area (Å²) in [4.78, 5) is 25.0. The van der Waals surface area contributed by atoms with Crippen LogP contribution in [0.3, 0.4) is 0 Å². The Hall–Kier alpha value is -3.51. The number of hydrogen-bond donors (Lipinski definition) is 3. The van der Waals surface area contributed by atoms with E-state index >= 15 is 0 Å². The normalized spacial score (nSPS) is 11.5. The molecule has 5 nitrogen and oxygen atoms in total. The van der Waals surface area contributed by atoms with E-state index in [2.05, 4.69) is 41.9 Å². The van der Waals surface area contributed by atoms with Gasteiger partial charge in [0.1, 0.15) is 0 Å². The second-order valence-electron chi connectivity index (χ2n) is 8.75. The minimum absolute atomic E-state index is 0.153. The van der Waals surface area contributed by atoms with Crippen molar-refractivity contribution in [2.45, 2.75) is 39.7 Å². The van der Waals surface area contributed by atoms with Gasteiger partial charge in [0.05, 0.1) is 5.92 Å². The van der Waals surface area contributed by atoms with Gasteiger partial charge in [-0.1, -0.05) is 68.4 Å². The van der Waals surface area contributed by atoms with Gasteiger partial charge in [-0.05, 0) is 72.4 Å². The Balaban J connectivity index is 1.49. The molecule has 0 aliphatic heterocycles.